The third-order valence-electron chi connectivity index (χ3n) is 12.4. The first-order valence-corrected chi connectivity index (χ1v) is 23.0. The van der Waals surface area contributed by atoms with Crippen LogP contribution in [-0.4, -0.2) is 10.1 Å². The van der Waals surface area contributed by atoms with Crippen molar-refractivity contribution in [3.05, 3.63) is 198 Å². The van der Waals surface area contributed by atoms with Gasteiger partial charge in [-0.1, -0.05) is 182 Å². The second-order valence-electron chi connectivity index (χ2n) is 20.1. The number of aromatic nitrogens is 1. The molecule has 65 heavy (non-hydrogen) atoms. The number of phenols is 1. The van der Waals surface area contributed by atoms with Crippen LogP contribution in [0, 0.1) is 12.8 Å². The van der Waals surface area contributed by atoms with Gasteiger partial charge >= 0.3 is 0 Å². The Kier molecular flexibility index (Phi) is 12.6. The Balaban J connectivity index is 1.28. The van der Waals surface area contributed by atoms with Gasteiger partial charge in [-0.05, 0) is 123 Å². The monoisotopic (exact) mass is 853 g/mol. The van der Waals surface area contributed by atoms with Crippen molar-refractivity contribution in [2.24, 2.45) is 5.92 Å². The number of phenolic OH excluding ortho intramolecular Hbond substituents is 1. The Morgan fingerprint density at radius 1 is 0.554 bits per heavy atom. The molecule has 3 N–H and O–H groups in total. The number of nitrogens with zero attached hydrogens (tertiary/aromatic N) is 2. The number of rotatable bonds is 11. The average molecular weight is 854 g/mol. The van der Waals surface area contributed by atoms with Gasteiger partial charge in [-0.25, -0.2) is 0 Å². The van der Waals surface area contributed by atoms with E-state index in [1.807, 2.05) is 12.3 Å². The number of para-hydroxylation sites is 1. The lowest BCUT2D eigenvalue weighted by atomic mass is 9.83. The van der Waals surface area contributed by atoms with Crippen LogP contribution in [0.3, 0.4) is 0 Å². The highest BCUT2D eigenvalue weighted by Crippen LogP contribution is 2.45. The fraction of sp³-hybridized carbons (Fsp3) is 0.230. The Bertz CT molecular complexity index is 2940. The van der Waals surface area contributed by atoms with Crippen LogP contribution in [-0.2, 0) is 23.8 Å². The Labute approximate surface area is 387 Å². The Hall–Kier alpha value is -6.91. The Morgan fingerprint density at radius 3 is 1.83 bits per heavy atom. The van der Waals surface area contributed by atoms with E-state index in [9.17, 15) is 5.11 Å². The second-order valence-corrected chi connectivity index (χ2v) is 20.1. The molecular weight excluding hydrogens is 791 g/mol. The van der Waals surface area contributed by atoms with Crippen molar-refractivity contribution in [1.29, 1.82) is 0 Å². The normalized spacial score (nSPS) is 11.8. The van der Waals surface area contributed by atoms with Gasteiger partial charge in [-0.2, -0.15) is 0 Å². The molecule has 0 bridgehead atoms. The molecule has 1 aromatic heterocycles. The molecule has 4 nitrogen and oxygen atoms in total. The van der Waals surface area contributed by atoms with Gasteiger partial charge in [-0.3, -0.25) is 4.98 Å². The molecule has 8 rings (SSSR count). The van der Waals surface area contributed by atoms with Crippen LogP contribution in [0.15, 0.2) is 170 Å². The Morgan fingerprint density at radius 2 is 1.18 bits per heavy atom. The molecule has 1 heterocycles. The van der Waals surface area contributed by atoms with E-state index in [2.05, 4.69) is 225 Å². The number of nitrogen functional groups attached to an aromatic ring is 1. The molecule has 0 aliphatic carbocycles. The molecular formula is C61H63N3O. The first kappa shape index (κ1) is 44.7. The first-order chi connectivity index (χ1) is 31.0. The van der Waals surface area contributed by atoms with E-state index in [-0.39, 0.29) is 10.8 Å². The number of hydrogen-bond donors (Lipinski definition) is 2. The predicted octanol–water partition coefficient (Wildman–Crippen LogP) is 16.1. The van der Waals surface area contributed by atoms with Gasteiger partial charge in [0.15, 0.2) is 0 Å². The standard InChI is InChI=1S/C61H63N3O/c1-40(2)31-42-23-28-56(53(34-42)46-19-14-11-15-20-46)64(39-50-32-41(3)33-54(59(50)65)61(7,8)9)57-22-16-21-52(58(57)62)48-35-49(37-51(36-48)60(4,5)6)55-38-47(29-30-63-55)45-26-24-44(25-27-45)43-17-12-10-13-18-43/h10-30,32-38,40,65H,31,39,62H2,1-9H3. The van der Waals surface area contributed by atoms with E-state index in [4.69, 9.17) is 10.7 Å². The topological polar surface area (TPSA) is 62.4 Å². The number of benzene rings is 7. The number of pyridine rings is 1. The minimum absolute atomic E-state index is 0.149. The zero-order valence-electron chi connectivity index (χ0n) is 39.6. The van der Waals surface area contributed by atoms with Gasteiger partial charge in [0.05, 0.1) is 23.6 Å². The number of aryl methyl sites for hydroxylation is 1. The highest BCUT2D eigenvalue weighted by atomic mass is 16.3. The maximum Gasteiger partial charge on any atom is 0.124 e. The van der Waals surface area contributed by atoms with E-state index in [1.54, 1.807) is 0 Å². The lowest BCUT2D eigenvalue weighted by molar-refractivity contribution is 0.440. The summed E-state index contributed by atoms with van der Waals surface area (Å²) in [5.74, 6) is 0.829. The predicted molar refractivity (Wildman–Crippen MR) is 277 cm³/mol. The molecule has 0 atom stereocenters. The number of hydrogen-bond acceptors (Lipinski definition) is 4. The van der Waals surface area contributed by atoms with E-state index < -0.39 is 0 Å². The van der Waals surface area contributed by atoms with Crippen molar-refractivity contribution in [1.82, 2.24) is 4.98 Å². The van der Waals surface area contributed by atoms with Gasteiger partial charge in [0, 0.05) is 34.1 Å². The van der Waals surface area contributed by atoms with Crippen LogP contribution in [0.4, 0.5) is 17.1 Å². The molecule has 0 saturated carbocycles. The van der Waals surface area contributed by atoms with Crippen LogP contribution in [0.5, 0.6) is 5.75 Å². The van der Waals surface area contributed by atoms with Crippen LogP contribution < -0.4 is 10.6 Å². The third-order valence-corrected chi connectivity index (χ3v) is 12.4. The van der Waals surface area contributed by atoms with Crippen molar-refractivity contribution in [3.8, 4) is 61.5 Å². The van der Waals surface area contributed by atoms with E-state index in [0.717, 1.165) is 79.1 Å². The van der Waals surface area contributed by atoms with Crippen molar-refractivity contribution in [2.75, 3.05) is 10.6 Å². The molecule has 4 heteroatoms. The SMILES string of the molecule is Cc1cc(CN(c2ccc(CC(C)C)cc2-c2ccccc2)c2cccc(-c3cc(-c4cc(-c5ccc(-c6ccccc6)cc5)ccn4)cc(C(C)(C)C)c3)c2N)c(O)c(C(C)(C)C)c1. The molecule has 0 radical (unpaired) electrons. The summed E-state index contributed by atoms with van der Waals surface area (Å²) in [6.45, 7) is 20.3. The maximum absolute atomic E-state index is 12.1. The average Bonchev–Trinajstić information content (AvgIpc) is 3.29. The summed E-state index contributed by atoms with van der Waals surface area (Å²) < 4.78 is 0. The lowest BCUT2D eigenvalue weighted by Gasteiger charge is -2.31. The smallest absolute Gasteiger partial charge is 0.124 e. The van der Waals surface area contributed by atoms with E-state index in [0.29, 0.717) is 23.9 Å². The quantitative estimate of drug-likeness (QED) is 0.127. The number of aromatic hydroxyl groups is 1. The van der Waals surface area contributed by atoms with Crippen molar-refractivity contribution >= 4 is 17.1 Å². The van der Waals surface area contributed by atoms with Gasteiger partial charge in [0.2, 0.25) is 0 Å². The first-order valence-electron chi connectivity index (χ1n) is 23.0. The molecule has 0 aliphatic rings. The highest BCUT2D eigenvalue weighted by molar-refractivity contribution is 5.93. The molecule has 0 aliphatic heterocycles. The summed E-state index contributed by atoms with van der Waals surface area (Å²) in [6.07, 6.45) is 2.88. The molecule has 0 spiro atoms. The second kappa shape index (κ2) is 18.3. The summed E-state index contributed by atoms with van der Waals surface area (Å²) in [7, 11) is 0. The van der Waals surface area contributed by atoms with E-state index >= 15 is 0 Å². The van der Waals surface area contributed by atoms with Crippen LogP contribution in [0.1, 0.15) is 83.2 Å². The summed E-state index contributed by atoms with van der Waals surface area (Å²) in [5.41, 5.74) is 25.8. The molecule has 0 saturated heterocycles. The third kappa shape index (κ3) is 9.93. The van der Waals surface area contributed by atoms with Crippen LogP contribution in [0.2, 0.25) is 0 Å². The van der Waals surface area contributed by atoms with Crippen LogP contribution in [0.25, 0.3) is 55.8 Å². The molecule has 328 valence electrons. The molecule has 0 amide bonds. The van der Waals surface area contributed by atoms with Gasteiger partial charge < -0.3 is 15.7 Å². The van der Waals surface area contributed by atoms with Crippen molar-refractivity contribution < 1.29 is 5.11 Å². The summed E-state index contributed by atoms with van der Waals surface area (Å²) in [4.78, 5) is 7.26. The zero-order chi connectivity index (χ0) is 46.0. The van der Waals surface area contributed by atoms with Crippen LogP contribution >= 0.6 is 0 Å². The summed E-state index contributed by atoms with van der Waals surface area (Å²) in [6, 6.07) is 58.4. The van der Waals surface area contributed by atoms with Crippen molar-refractivity contribution in [3.63, 3.8) is 0 Å². The minimum atomic E-state index is -0.251. The molecule has 0 unspecified atom stereocenters. The fourth-order valence-corrected chi connectivity index (χ4v) is 8.94. The minimum Gasteiger partial charge on any atom is -0.507 e. The van der Waals surface area contributed by atoms with Crippen molar-refractivity contribution in [2.45, 2.75) is 86.1 Å². The fourth-order valence-electron chi connectivity index (χ4n) is 8.94. The largest absolute Gasteiger partial charge is 0.507 e. The van der Waals surface area contributed by atoms with Gasteiger partial charge in [0.25, 0.3) is 0 Å². The van der Waals surface area contributed by atoms with E-state index in [1.165, 1.54) is 22.3 Å². The molecule has 0 fully saturated rings. The summed E-state index contributed by atoms with van der Waals surface area (Å²) in [5, 5.41) is 12.1. The lowest BCUT2D eigenvalue weighted by Crippen LogP contribution is -2.21. The summed E-state index contributed by atoms with van der Waals surface area (Å²) >= 11 is 0. The maximum atomic E-state index is 12.1. The van der Waals surface area contributed by atoms with Gasteiger partial charge in [-0.15, -0.1) is 0 Å². The molecule has 7 aromatic carbocycles. The van der Waals surface area contributed by atoms with Gasteiger partial charge in [0.1, 0.15) is 5.75 Å². The molecule has 8 aromatic rings. The number of anilines is 3. The zero-order valence-corrected chi connectivity index (χ0v) is 39.6. The number of nitrogens with two attached hydrogens (primary N) is 1. The highest BCUT2D eigenvalue weighted by Gasteiger charge is 2.26.